The predicted octanol–water partition coefficient (Wildman–Crippen LogP) is 1.42. The third-order valence-electron chi connectivity index (χ3n) is 4.36. The Labute approximate surface area is 124 Å². The average Bonchev–Trinajstić information content (AvgIpc) is 3.18. The Morgan fingerprint density at radius 2 is 1.80 bits per heavy atom. The van der Waals surface area contributed by atoms with Crippen molar-refractivity contribution in [2.45, 2.75) is 45.2 Å². The molecule has 0 aromatic carbocycles. The van der Waals surface area contributed by atoms with Crippen molar-refractivity contribution >= 4 is 0 Å². The van der Waals surface area contributed by atoms with Crippen LogP contribution in [0.25, 0.3) is 0 Å². The second-order valence-electron chi connectivity index (χ2n) is 7.52. The molecule has 1 saturated heterocycles. The van der Waals surface area contributed by atoms with Crippen LogP contribution < -0.4 is 5.32 Å². The molecule has 1 atom stereocenters. The molecule has 0 amide bonds. The number of nitrogens with zero attached hydrogens (tertiary/aromatic N) is 2. The van der Waals surface area contributed by atoms with Crippen molar-refractivity contribution in [2.75, 3.05) is 53.0 Å². The summed E-state index contributed by atoms with van der Waals surface area (Å²) in [6.07, 6.45) is 2.92. The zero-order valence-corrected chi connectivity index (χ0v) is 13.8. The van der Waals surface area contributed by atoms with Gasteiger partial charge in [0, 0.05) is 58.0 Å². The minimum atomic E-state index is 0.180. The number of hydrogen-bond acceptors (Lipinski definition) is 4. The van der Waals surface area contributed by atoms with E-state index in [1.54, 1.807) is 0 Å². The third kappa shape index (κ3) is 5.68. The van der Waals surface area contributed by atoms with E-state index in [4.69, 9.17) is 4.74 Å². The van der Waals surface area contributed by atoms with Crippen LogP contribution in [-0.4, -0.2) is 74.4 Å². The predicted molar refractivity (Wildman–Crippen MR) is 84.2 cm³/mol. The summed E-state index contributed by atoms with van der Waals surface area (Å²) < 4.78 is 5.43. The molecule has 1 saturated carbocycles. The highest BCUT2D eigenvalue weighted by atomic mass is 16.5. The first-order valence-electron chi connectivity index (χ1n) is 8.18. The summed E-state index contributed by atoms with van der Waals surface area (Å²) in [5, 5.41) is 3.62. The van der Waals surface area contributed by atoms with Crippen LogP contribution >= 0.6 is 0 Å². The molecule has 0 bridgehead atoms. The normalized spacial score (nSPS) is 24.0. The van der Waals surface area contributed by atoms with Crippen molar-refractivity contribution in [3.63, 3.8) is 0 Å². The van der Waals surface area contributed by atoms with Gasteiger partial charge in [0.25, 0.3) is 0 Å². The summed E-state index contributed by atoms with van der Waals surface area (Å²) in [4.78, 5) is 5.25. The summed E-state index contributed by atoms with van der Waals surface area (Å²) in [7, 11) is 1.81. The van der Waals surface area contributed by atoms with E-state index in [-0.39, 0.29) is 5.54 Å². The lowest BCUT2D eigenvalue weighted by Gasteiger charge is -2.40. The highest BCUT2D eigenvalue weighted by molar-refractivity contribution is 4.85. The molecule has 1 aliphatic heterocycles. The first-order valence-corrected chi connectivity index (χ1v) is 8.18. The van der Waals surface area contributed by atoms with Crippen LogP contribution in [0.2, 0.25) is 0 Å². The molecule has 0 aromatic rings. The van der Waals surface area contributed by atoms with Gasteiger partial charge in [0.1, 0.15) is 0 Å². The minimum Gasteiger partial charge on any atom is -0.383 e. The van der Waals surface area contributed by atoms with Crippen molar-refractivity contribution in [3.05, 3.63) is 0 Å². The number of ether oxygens (including phenoxy) is 1. The van der Waals surface area contributed by atoms with Crippen molar-refractivity contribution in [1.82, 2.24) is 15.1 Å². The summed E-state index contributed by atoms with van der Waals surface area (Å²) in [5.41, 5.74) is 0.180. The fourth-order valence-corrected chi connectivity index (χ4v) is 2.89. The molecule has 0 aromatic heterocycles. The molecule has 1 unspecified atom stereocenters. The quantitative estimate of drug-likeness (QED) is 0.765. The fourth-order valence-electron chi connectivity index (χ4n) is 2.89. The molecule has 1 heterocycles. The summed E-state index contributed by atoms with van der Waals surface area (Å²) >= 11 is 0. The Bertz CT molecular complexity index is 278. The standard InChI is InChI=1S/C16H33N3O/c1-16(2,3)17-11-15(13-20-4)19-9-7-18(8-10-19)12-14-5-6-14/h14-15,17H,5-13H2,1-4H3. The molecular weight excluding hydrogens is 250 g/mol. The summed E-state index contributed by atoms with van der Waals surface area (Å²) in [6, 6.07) is 0.502. The topological polar surface area (TPSA) is 27.7 Å². The molecule has 1 N–H and O–H groups in total. The van der Waals surface area contributed by atoms with Gasteiger partial charge in [-0.05, 0) is 39.5 Å². The first-order chi connectivity index (χ1) is 9.48. The molecule has 4 nitrogen and oxygen atoms in total. The second kappa shape index (κ2) is 7.21. The Hall–Kier alpha value is -0.160. The number of piperazine rings is 1. The van der Waals surface area contributed by atoms with Gasteiger partial charge in [-0.25, -0.2) is 0 Å². The van der Waals surface area contributed by atoms with Gasteiger partial charge in [0.15, 0.2) is 0 Å². The van der Waals surface area contributed by atoms with Gasteiger partial charge in [0.05, 0.1) is 6.61 Å². The molecule has 0 radical (unpaired) electrons. The van der Waals surface area contributed by atoms with E-state index in [2.05, 4.69) is 35.9 Å². The van der Waals surface area contributed by atoms with E-state index in [1.807, 2.05) is 7.11 Å². The van der Waals surface area contributed by atoms with Gasteiger partial charge in [0.2, 0.25) is 0 Å². The molecule has 20 heavy (non-hydrogen) atoms. The highest BCUT2D eigenvalue weighted by Crippen LogP contribution is 2.30. The van der Waals surface area contributed by atoms with E-state index in [0.29, 0.717) is 6.04 Å². The maximum absolute atomic E-state index is 5.43. The lowest BCUT2D eigenvalue weighted by molar-refractivity contribution is 0.0457. The van der Waals surface area contributed by atoms with Gasteiger partial charge in [-0.2, -0.15) is 0 Å². The van der Waals surface area contributed by atoms with Crippen LogP contribution in [0, 0.1) is 5.92 Å². The van der Waals surface area contributed by atoms with Crippen LogP contribution in [0.1, 0.15) is 33.6 Å². The number of nitrogens with one attached hydrogen (secondary N) is 1. The van der Waals surface area contributed by atoms with Crippen molar-refractivity contribution in [3.8, 4) is 0 Å². The SMILES string of the molecule is COCC(CNC(C)(C)C)N1CCN(CC2CC2)CC1. The molecular formula is C16H33N3O. The van der Waals surface area contributed by atoms with Crippen molar-refractivity contribution in [1.29, 1.82) is 0 Å². The van der Waals surface area contributed by atoms with Crippen molar-refractivity contribution < 1.29 is 4.74 Å². The van der Waals surface area contributed by atoms with Gasteiger partial charge in [-0.1, -0.05) is 0 Å². The Morgan fingerprint density at radius 1 is 1.15 bits per heavy atom. The maximum atomic E-state index is 5.43. The number of hydrogen-bond donors (Lipinski definition) is 1. The largest absolute Gasteiger partial charge is 0.383 e. The molecule has 2 fully saturated rings. The molecule has 1 aliphatic carbocycles. The van der Waals surface area contributed by atoms with Crippen LogP contribution in [0.5, 0.6) is 0 Å². The van der Waals surface area contributed by atoms with Gasteiger partial charge >= 0.3 is 0 Å². The zero-order chi connectivity index (χ0) is 14.6. The lowest BCUT2D eigenvalue weighted by atomic mass is 10.1. The second-order valence-corrected chi connectivity index (χ2v) is 7.52. The average molecular weight is 283 g/mol. The zero-order valence-electron chi connectivity index (χ0n) is 13.8. The number of methoxy groups -OCH3 is 1. The van der Waals surface area contributed by atoms with Gasteiger partial charge in [-0.15, -0.1) is 0 Å². The Kier molecular flexibility index (Phi) is 5.84. The first kappa shape index (κ1) is 16.2. The van der Waals surface area contributed by atoms with E-state index >= 15 is 0 Å². The monoisotopic (exact) mass is 283 g/mol. The smallest absolute Gasteiger partial charge is 0.0630 e. The molecule has 118 valence electrons. The molecule has 2 aliphatic rings. The fraction of sp³-hybridized carbons (Fsp3) is 1.00. The van der Waals surface area contributed by atoms with Gasteiger partial charge < -0.3 is 15.0 Å². The summed E-state index contributed by atoms with van der Waals surface area (Å²) in [5.74, 6) is 1.01. The third-order valence-corrected chi connectivity index (χ3v) is 4.36. The molecule has 2 rings (SSSR count). The molecule has 4 heteroatoms. The lowest BCUT2D eigenvalue weighted by Crippen LogP contribution is -2.56. The van der Waals surface area contributed by atoms with Crippen LogP contribution in [-0.2, 0) is 4.74 Å². The van der Waals surface area contributed by atoms with Gasteiger partial charge in [-0.3, -0.25) is 4.90 Å². The Balaban J connectivity index is 1.74. The Morgan fingerprint density at radius 3 is 2.30 bits per heavy atom. The summed E-state index contributed by atoms with van der Waals surface area (Å²) in [6.45, 7) is 14.7. The molecule has 0 spiro atoms. The van der Waals surface area contributed by atoms with E-state index in [9.17, 15) is 0 Å². The highest BCUT2D eigenvalue weighted by Gasteiger charge is 2.28. The van der Waals surface area contributed by atoms with Crippen molar-refractivity contribution in [2.24, 2.45) is 5.92 Å². The van der Waals surface area contributed by atoms with Crippen LogP contribution in [0.3, 0.4) is 0 Å². The van der Waals surface area contributed by atoms with Crippen LogP contribution in [0.4, 0.5) is 0 Å². The minimum absolute atomic E-state index is 0.180. The van der Waals surface area contributed by atoms with E-state index in [1.165, 1.54) is 45.6 Å². The number of rotatable bonds is 7. The van der Waals surface area contributed by atoms with E-state index < -0.39 is 0 Å². The maximum Gasteiger partial charge on any atom is 0.0630 e. The van der Waals surface area contributed by atoms with E-state index in [0.717, 1.165) is 19.1 Å². The van der Waals surface area contributed by atoms with Crippen LogP contribution in [0.15, 0.2) is 0 Å².